The van der Waals surface area contributed by atoms with Gasteiger partial charge in [0, 0.05) is 5.92 Å². The third-order valence-corrected chi connectivity index (χ3v) is 5.18. The van der Waals surface area contributed by atoms with Gasteiger partial charge < -0.3 is 4.42 Å². The second-order valence-corrected chi connectivity index (χ2v) is 7.33. The Hall–Kier alpha value is -2.03. The summed E-state index contributed by atoms with van der Waals surface area (Å²) in [6.07, 6.45) is 4.17. The minimum absolute atomic E-state index is 0.298. The summed E-state index contributed by atoms with van der Waals surface area (Å²) in [5.74, 6) is 1.26. The first-order valence-corrected chi connectivity index (χ1v) is 9.35. The van der Waals surface area contributed by atoms with Crippen LogP contribution in [0.5, 0.6) is 0 Å². The van der Waals surface area contributed by atoms with Crippen molar-refractivity contribution in [3.63, 3.8) is 0 Å². The molecule has 3 nitrogen and oxygen atoms in total. The highest BCUT2D eigenvalue weighted by molar-refractivity contribution is 7.94. The molecule has 0 saturated heterocycles. The average Bonchev–Trinajstić information content (AvgIpc) is 3.10. The zero-order valence-corrected chi connectivity index (χ0v) is 14.3. The minimum atomic E-state index is -3.42. The van der Waals surface area contributed by atoms with Crippen molar-refractivity contribution >= 4 is 9.84 Å². The summed E-state index contributed by atoms with van der Waals surface area (Å²) in [6, 6.07) is 12.3. The quantitative estimate of drug-likeness (QED) is 0.665. The van der Waals surface area contributed by atoms with Crippen molar-refractivity contribution in [2.24, 2.45) is 0 Å². The topological polar surface area (TPSA) is 47.3 Å². The molecule has 1 heterocycles. The molecule has 1 atom stereocenters. The van der Waals surface area contributed by atoms with Crippen molar-refractivity contribution in [1.29, 1.82) is 0 Å². The van der Waals surface area contributed by atoms with E-state index < -0.39 is 9.84 Å². The molecule has 0 fully saturated rings. The van der Waals surface area contributed by atoms with E-state index in [9.17, 15) is 8.42 Å². The highest BCUT2D eigenvalue weighted by Gasteiger charge is 2.10. The predicted molar refractivity (Wildman–Crippen MR) is 91.9 cm³/mol. The lowest BCUT2D eigenvalue weighted by Gasteiger charge is -2.08. The molecular formula is C19H22O3S. The van der Waals surface area contributed by atoms with Crippen molar-refractivity contribution in [3.05, 3.63) is 71.2 Å². The Balaban J connectivity index is 2.09. The average molecular weight is 330 g/mol. The predicted octanol–water partition coefficient (Wildman–Crippen LogP) is 5.09. The van der Waals surface area contributed by atoms with Gasteiger partial charge in [-0.15, -0.1) is 5.73 Å². The normalized spacial score (nSPS) is 12.4. The first kappa shape index (κ1) is 17.3. The van der Waals surface area contributed by atoms with Crippen molar-refractivity contribution in [1.82, 2.24) is 0 Å². The van der Waals surface area contributed by atoms with Crippen molar-refractivity contribution < 1.29 is 12.8 Å². The fraction of sp³-hybridized carbons (Fsp3) is 0.316. The molecule has 4 heteroatoms. The standard InChI is InChI=1S/C19H22O3S/c1-3-17(12-11-16(2)19-10-7-14-22-19)13-15-23(20,21)18-8-5-4-6-9-18/h4-10,14-16H,3,11-12H2,1-2H3. The fourth-order valence-corrected chi connectivity index (χ4v) is 3.29. The van der Waals surface area contributed by atoms with Crippen molar-refractivity contribution in [2.45, 2.75) is 43.9 Å². The number of sulfone groups is 1. The molecule has 0 N–H and O–H groups in total. The summed E-state index contributed by atoms with van der Waals surface area (Å²) in [5.41, 5.74) is 3.98. The molecule has 0 aliphatic rings. The molecule has 0 bridgehead atoms. The van der Waals surface area contributed by atoms with Gasteiger partial charge in [-0.05, 0) is 49.1 Å². The zero-order chi connectivity index (χ0) is 16.7. The Bertz CT molecular complexity index is 765. The summed E-state index contributed by atoms with van der Waals surface area (Å²) < 4.78 is 29.9. The number of furan rings is 1. The van der Waals surface area contributed by atoms with Crippen molar-refractivity contribution in [3.8, 4) is 0 Å². The number of hydrogen-bond donors (Lipinski definition) is 0. The Morgan fingerprint density at radius 3 is 2.57 bits per heavy atom. The number of hydrogen-bond acceptors (Lipinski definition) is 3. The summed E-state index contributed by atoms with van der Waals surface area (Å²) in [6.45, 7) is 4.12. The van der Waals surface area contributed by atoms with E-state index in [1.807, 2.05) is 19.1 Å². The van der Waals surface area contributed by atoms with E-state index in [-0.39, 0.29) is 0 Å². The maximum absolute atomic E-state index is 12.2. The second kappa shape index (κ2) is 8.00. The molecular weight excluding hydrogens is 308 g/mol. The Morgan fingerprint density at radius 1 is 1.22 bits per heavy atom. The SMILES string of the molecule is CCC(=C=CS(=O)(=O)c1ccccc1)CCC(C)c1ccco1. The molecule has 0 radical (unpaired) electrons. The van der Waals surface area contributed by atoms with Crippen LogP contribution in [-0.4, -0.2) is 8.42 Å². The van der Waals surface area contributed by atoms with Gasteiger partial charge in [-0.2, -0.15) is 0 Å². The van der Waals surface area contributed by atoms with E-state index >= 15 is 0 Å². The van der Waals surface area contributed by atoms with Gasteiger partial charge in [0.2, 0.25) is 9.84 Å². The van der Waals surface area contributed by atoms with Gasteiger partial charge in [0.25, 0.3) is 0 Å². The summed E-state index contributed by atoms with van der Waals surface area (Å²) >= 11 is 0. The van der Waals surface area contributed by atoms with Crippen LogP contribution in [0.4, 0.5) is 0 Å². The van der Waals surface area contributed by atoms with Gasteiger partial charge >= 0.3 is 0 Å². The lowest BCUT2D eigenvalue weighted by molar-refractivity contribution is 0.461. The summed E-state index contributed by atoms with van der Waals surface area (Å²) in [7, 11) is -3.42. The zero-order valence-electron chi connectivity index (χ0n) is 13.5. The van der Waals surface area contributed by atoms with Crippen LogP contribution in [0.3, 0.4) is 0 Å². The van der Waals surface area contributed by atoms with Crippen LogP contribution in [0.1, 0.15) is 44.8 Å². The van der Waals surface area contributed by atoms with Crippen LogP contribution < -0.4 is 0 Å². The van der Waals surface area contributed by atoms with Gasteiger partial charge in [0.15, 0.2) is 0 Å². The van der Waals surface area contributed by atoms with E-state index in [2.05, 4.69) is 12.7 Å². The smallest absolute Gasteiger partial charge is 0.207 e. The molecule has 0 aliphatic carbocycles. The first-order chi connectivity index (χ1) is 11.0. The monoisotopic (exact) mass is 330 g/mol. The molecule has 2 rings (SSSR count). The minimum Gasteiger partial charge on any atom is -0.469 e. The van der Waals surface area contributed by atoms with Crippen molar-refractivity contribution in [2.75, 3.05) is 0 Å². The Kier molecular flexibility index (Phi) is 6.03. The van der Waals surface area contributed by atoms with Gasteiger partial charge in [-0.1, -0.05) is 32.0 Å². The van der Waals surface area contributed by atoms with Crippen LogP contribution >= 0.6 is 0 Å². The highest BCUT2D eigenvalue weighted by Crippen LogP contribution is 2.23. The molecule has 0 amide bonds. The molecule has 2 aromatic rings. The fourth-order valence-electron chi connectivity index (χ4n) is 2.29. The van der Waals surface area contributed by atoms with Gasteiger partial charge in [0.1, 0.15) is 5.76 Å². The summed E-state index contributed by atoms with van der Waals surface area (Å²) in [5, 5.41) is 1.19. The number of rotatable bonds is 7. The molecule has 0 saturated carbocycles. The Morgan fingerprint density at radius 2 is 1.96 bits per heavy atom. The first-order valence-electron chi connectivity index (χ1n) is 7.81. The second-order valence-electron chi connectivity index (χ2n) is 5.53. The van der Waals surface area contributed by atoms with Crippen LogP contribution in [0, 0.1) is 0 Å². The van der Waals surface area contributed by atoms with Crippen LogP contribution in [-0.2, 0) is 9.84 Å². The lowest BCUT2D eigenvalue weighted by Crippen LogP contribution is -1.95. The molecule has 122 valence electrons. The molecule has 23 heavy (non-hydrogen) atoms. The maximum atomic E-state index is 12.2. The van der Waals surface area contributed by atoms with Gasteiger partial charge in [-0.25, -0.2) is 8.42 Å². The number of benzene rings is 1. The Labute approximate surface area is 138 Å². The van der Waals surface area contributed by atoms with Crippen LogP contribution in [0.15, 0.2) is 74.8 Å². The van der Waals surface area contributed by atoms with Gasteiger partial charge in [-0.3, -0.25) is 0 Å². The molecule has 0 spiro atoms. The van der Waals surface area contributed by atoms with E-state index in [0.717, 1.165) is 30.6 Å². The van der Waals surface area contributed by atoms with E-state index in [1.54, 1.807) is 36.6 Å². The third kappa shape index (κ3) is 4.98. The lowest BCUT2D eigenvalue weighted by atomic mass is 9.98. The summed E-state index contributed by atoms with van der Waals surface area (Å²) in [4.78, 5) is 0.298. The van der Waals surface area contributed by atoms with E-state index in [1.165, 1.54) is 5.41 Å². The molecule has 0 aliphatic heterocycles. The highest BCUT2D eigenvalue weighted by atomic mass is 32.2. The number of allylic oxidation sites excluding steroid dienone is 1. The molecule has 1 aromatic heterocycles. The van der Waals surface area contributed by atoms with Gasteiger partial charge in [0.05, 0.1) is 16.6 Å². The largest absolute Gasteiger partial charge is 0.469 e. The van der Waals surface area contributed by atoms with Crippen LogP contribution in [0.25, 0.3) is 0 Å². The molecule has 1 aromatic carbocycles. The molecule has 1 unspecified atom stereocenters. The maximum Gasteiger partial charge on any atom is 0.207 e. The van der Waals surface area contributed by atoms with E-state index in [0.29, 0.717) is 10.8 Å². The van der Waals surface area contributed by atoms with E-state index in [4.69, 9.17) is 4.42 Å². The third-order valence-electron chi connectivity index (χ3n) is 3.82. The van der Waals surface area contributed by atoms with Crippen LogP contribution in [0.2, 0.25) is 0 Å².